The Balaban J connectivity index is 1.55. The largest absolute Gasteiger partial charge is 0.384 e. The van der Waals surface area contributed by atoms with Gasteiger partial charge in [-0.3, -0.25) is 0 Å². The fourth-order valence-electron chi connectivity index (χ4n) is 5.87. The van der Waals surface area contributed by atoms with E-state index >= 15 is 0 Å². The smallest absolute Gasteiger partial charge is 0.126 e. The molecule has 0 spiro atoms. The first kappa shape index (κ1) is 11.6. The quantitative estimate of drug-likeness (QED) is 0.823. The van der Waals surface area contributed by atoms with Gasteiger partial charge in [-0.15, -0.1) is 0 Å². The number of nitrogens with two attached hydrogens (primary N) is 1. The van der Waals surface area contributed by atoms with E-state index in [-0.39, 0.29) is 0 Å². The number of nitrogen functional groups attached to an aromatic ring is 1. The second-order valence-electron chi connectivity index (χ2n) is 7.60. The van der Waals surface area contributed by atoms with Gasteiger partial charge in [-0.1, -0.05) is 0 Å². The maximum atomic E-state index is 6.46. The van der Waals surface area contributed by atoms with Crippen LogP contribution in [0.15, 0.2) is 0 Å². The van der Waals surface area contributed by atoms with Crippen molar-refractivity contribution in [2.75, 3.05) is 12.3 Å². The molecule has 4 saturated carbocycles. The number of aromatic nitrogens is 2. The van der Waals surface area contributed by atoms with Crippen LogP contribution in [0.5, 0.6) is 0 Å². The molecule has 1 aliphatic heterocycles. The molecule has 0 atom stereocenters. The van der Waals surface area contributed by atoms with Crippen LogP contribution in [0.3, 0.4) is 0 Å². The summed E-state index contributed by atoms with van der Waals surface area (Å²) in [5.41, 5.74) is 9.01. The molecule has 1 aromatic heterocycles. The lowest BCUT2D eigenvalue weighted by molar-refractivity contribution is -0.0328. The molecule has 0 saturated heterocycles. The van der Waals surface area contributed by atoms with Crippen molar-refractivity contribution in [1.82, 2.24) is 15.1 Å². The van der Waals surface area contributed by atoms with Crippen LogP contribution in [0.4, 0.5) is 5.82 Å². The summed E-state index contributed by atoms with van der Waals surface area (Å²) in [6, 6.07) is 0.605. The normalized spacial score (nSPS) is 41.9. The van der Waals surface area contributed by atoms with E-state index in [0.717, 1.165) is 49.0 Å². The van der Waals surface area contributed by atoms with E-state index in [0.29, 0.717) is 6.04 Å². The van der Waals surface area contributed by atoms with Crippen molar-refractivity contribution in [3.05, 3.63) is 11.3 Å². The van der Waals surface area contributed by atoms with Gasteiger partial charge in [0.15, 0.2) is 0 Å². The summed E-state index contributed by atoms with van der Waals surface area (Å²) >= 11 is 0. The van der Waals surface area contributed by atoms with Gasteiger partial charge in [0, 0.05) is 25.1 Å². The minimum atomic E-state index is 0.605. The van der Waals surface area contributed by atoms with E-state index in [1.165, 1.54) is 43.4 Å². The molecule has 3 N–H and O–H groups in total. The van der Waals surface area contributed by atoms with Crippen LogP contribution in [0.2, 0.25) is 0 Å². The van der Waals surface area contributed by atoms with Crippen LogP contribution in [-0.4, -0.2) is 16.3 Å². The summed E-state index contributed by atoms with van der Waals surface area (Å²) in [7, 11) is 0. The van der Waals surface area contributed by atoms with Crippen LogP contribution in [0, 0.1) is 23.7 Å². The Kier molecular flexibility index (Phi) is 2.32. The summed E-state index contributed by atoms with van der Waals surface area (Å²) in [4.78, 5) is 0. The van der Waals surface area contributed by atoms with Gasteiger partial charge in [0.05, 0.1) is 11.7 Å². The molecule has 4 fully saturated rings. The zero-order valence-corrected chi connectivity index (χ0v) is 12.0. The van der Waals surface area contributed by atoms with Gasteiger partial charge in [-0.25, -0.2) is 4.68 Å². The molecule has 0 unspecified atom stereocenters. The number of nitrogens with one attached hydrogen (secondary N) is 1. The summed E-state index contributed by atoms with van der Waals surface area (Å²) in [6.45, 7) is 1.96. The first-order chi connectivity index (χ1) is 9.79. The van der Waals surface area contributed by atoms with Crippen molar-refractivity contribution in [2.24, 2.45) is 23.7 Å². The predicted octanol–water partition coefficient (Wildman–Crippen LogP) is 2.11. The van der Waals surface area contributed by atoms with Crippen molar-refractivity contribution in [2.45, 2.75) is 51.1 Å². The third-order valence-corrected chi connectivity index (χ3v) is 6.43. The fourth-order valence-corrected chi connectivity index (χ4v) is 5.87. The van der Waals surface area contributed by atoms with Crippen molar-refractivity contribution in [1.29, 1.82) is 0 Å². The first-order valence-electron chi connectivity index (χ1n) is 8.36. The van der Waals surface area contributed by atoms with E-state index in [9.17, 15) is 0 Å². The average Bonchev–Trinajstić information content (AvgIpc) is 2.76. The highest BCUT2D eigenvalue weighted by Gasteiger charge is 2.49. The van der Waals surface area contributed by atoms with Gasteiger partial charge < -0.3 is 11.1 Å². The number of hydrogen-bond acceptors (Lipinski definition) is 3. The molecular weight excluding hydrogens is 248 g/mol. The van der Waals surface area contributed by atoms with Crippen molar-refractivity contribution in [3.8, 4) is 0 Å². The standard InChI is InChI=1S/C16H24N4/c17-16-13-8-18-2-1-14(13)19-20(16)15-11-4-9-3-10(6-11)7-12(15)5-9/h9-12,15,18H,1-8,17H2. The minimum Gasteiger partial charge on any atom is -0.384 e. The van der Waals surface area contributed by atoms with E-state index in [2.05, 4.69) is 10.00 Å². The molecule has 4 bridgehead atoms. The zero-order valence-electron chi connectivity index (χ0n) is 12.0. The van der Waals surface area contributed by atoms with E-state index < -0.39 is 0 Å². The predicted molar refractivity (Wildman–Crippen MR) is 78.1 cm³/mol. The van der Waals surface area contributed by atoms with Crippen LogP contribution in [-0.2, 0) is 13.0 Å². The maximum Gasteiger partial charge on any atom is 0.126 e. The number of rotatable bonds is 1. The van der Waals surface area contributed by atoms with Gasteiger partial charge in [0.25, 0.3) is 0 Å². The second-order valence-corrected chi connectivity index (χ2v) is 7.60. The molecule has 5 aliphatic rings. The van der Waals surface area contributed by atoms with Crippen LogP contribution >= 0.6 is 0 Å². The highest BCUT2D eigenvalue weighted by Crippen LogP contribution is 2.58. The Morgan fingerprint density at radius 3 is 2.40 bits per heavy atom. The first-order valence-corrected chi connectivity index (χ1v) is 8.36. The molecule has 0 amide bonds. The Morgan fingerprint density at radius 2 is 1.75 bits per heavy atom. The summed E-state index contributed by atoms with van der Waals surface area (Å²) in [6.07, 6.45) is 8.27. The van der Waals surface area contributed by atoms with Crippen molar-refractivity contribution < 1.29 is 0 Å². The highest BCUT2D eigenvalue weighted by molar-refractivity contribution is 5.45. The second kappa shape index (κ2) is 4.00. The molecular formula is C16H24N4. The van der Waals surface area contributed by atoms with Crippen LogP contribution < -0.4 is 11.1 Å². The molecule has 4 heteroatoms. The molecule has 4 aliphatic carbocycles. The Morgan fingerprint density at radius 1 is 1.05 bits per heavy atom. The van der Waals surface area contributed by atoms with Crippen LogP contribution in [0.1, 0.15) is 49.4 Å². The van der Waals surface area contributed by atoms with Crippen molar-refractivity contribution >= 4 is 5.82 Å². The molecule has 20 heavy (non-hydrogen) atoms. The Labute approximate surface area is 120 Å². The Hall–Kier alpha value is -1.03. The van der Waals surface area contributed by atoms with Gasteiger partial charge in [0.1, 0.15) is 5.82 Å². The fraction of sp³-hybridized carbons (Fsp3) is 0.812. The highest BCUT2D eigenvalue weighted by atomic mass is 15.3. The van der Waals surface area contributed by atoms with E-state index in [1.54, 1.807) is 0 Å². The monoisotopic (exact) mass is 272 g/mol. The Bertz CT molecular complexity index is 519. The average molecular weight is 272 g/mol. The van der Waals surface area contributed by atoms with Gasteiger partial charge in [-0.2, -0.15) is 5.10 Å². The number of nitrogens with zero attached hydrogens (tertiary/aromatic N) is 2. The molecule has 2 heterocycles. The SMILES string of the molecule is Nc1c2c(nn1C1C3CC4CC(C3)CC1C4)CCNC2. The van der Waals surface area contributed by atoms with Crippen molar-refractivity contribution in [3.63, 3.8) is 0 Å². The number of hydrogen-bond donors (Lipinski definition) is 2. The number of fused-ring (bicyclic) bond motifs is 1. The molecule has 4 nitrogen and oxygen atoms in total. The van der Waals surface area contributed by atoms with Gasteiger partial charge in [-0.05, 0) is 55.8 Å². The zero-order chi connectivity index (χ0) is 13.3. The molecule has 0 radical (unpaired) electrons. The van der Waals surface area contributed by atoms with Gasteiger partial charge in [0.2, 0.25) is 0 Å². The lowest BCUT2D eigenvalue weighted by atomic mass is 9.54. The van der Waals surface area contributed by atoms with E-state index in [4.69, 9.17) is 10.8 Å². The maximum absolute atomic E-state index is 6.46. The third-order valence-electron chi connectivity index (χ3n) is 6.43. The molecule has 6 rings (SSSR count). The lowest BCUT2D eigenvalue weighted by Gasteiger charge is -2.54. The van der Waals surface area contributed by atoms with Crippen LogP contribution in [0.25, 0.3) is 0 Å². The molecule has 0 aromatic carbocycles. The summed E-state index contributed by atoms with van der Waals surface area (Å²) < 4.78 is 2.25. The van der Waals surface area contributed by atoms with E-state index in [1.807, 2.05) is 0 Å². The molecule has 108 valence electrons. The molecule has 1 aromatic rings. The third kappa shape index (κ3) is 1.49. The summed E-state index contributed by atoms with van der Waals surface area (Å²) in [5, 5.41) is 8.38. The lowest BCUT2D eigenvalue weighted by Crippen LogP contribution is -2.46. The summed E-state index contributed by atoms with van der Waals surface area (Å²) in [5.74, 6) is 4.69. The van der Waals surface area contributed by atoms with Gasteiger partial charge >= 0.3 is 0 Å². The minimum absolute atomic E-state index is 0.605. The number of anilines is 1. The topological polar surface area (TPSA) is 55.9 Å².